The molecule has 0 amide bonds. The molecule has 0 aliphatic carbocycles. The van der Waals surface area contributed by atoms with Crippen LogP contribution in [0.2, 0.25) is 0 Å². The van der Waals surface area contributed by atoms with Gasteiger partial charge in [0.05, 0.1) is 12.8 Å². The summed E-state index contributed by atoms with van der Waals surface area (Å²) in [6, 6.07) is 17.7. The number of carbonyl (C=O) groups is 3. The molecule has 11 heteroatoms. The highest BCUT2D eigenvalue weighted by molar-refractivity contribution is 5.68. The van der Waals surface area contributed by atoms with Crippen molar-refractivity contribution in [2.24, 2.45) is 0 Å². The molecular weight excluding hydrogens is 482 g/mol. The highest BCUT2D eigenvalue weighted by Gasteiger charge is 2.48. The average Bonchev–Trinajstić information content (AvgIpc) is 3.33. The summed E-state index contributed by atoms with van der Waals surface area (Å²) in [7, 11) is 0. The standard InChI is InChI=1S/C26H27N3O8/c1-16(30)35-23-15-34-26(25(37-18(3)32)24(23)36-17(2)31)29-13-21(27-28-29)14-33-22-11-9-20(10-12-22)19-7-5-4-6-8-19/h4-13,23-26H,14-15H2,1-3H3/t23-,24+,25-,26-/m1/s1. The molecule has 1 aliphatic rings. The van der Waals surface area contributed by atoms with Crippen LogP contribution in [-0.2, 0) is 39.9 Å². The van der Waals surface area contributed by atoms with Crippen molar-refractivity contribution in [3.63, 3.8) is 0 Å². The zero-order valence-electron chi connectivity index (χ0n) is 20.6. The minimum atomic E-state index is -1.14. The SMILES string of the molecule is CC(=O)O[C@@H]1[C@@H](OC(C)=O)[C@H](OC(C)=O)CO[C@H]1n1cc(COc2ccc(-c3ccccc3)cc2)nn1. The van der Waals surface area contributed by atoms with Crippen molar-refractivity contribution in [2.75, 3.05) is 6.61 Å². The van der Waals surface area contributed by atoms with E-state index >= 15 is 0 Å². The van der Waals surface area contributed by atoms with E-state index in [9.17, 15) is 14.4 Å². The van der Waals surface area contributed by atoms with Gasteiger partial charge < -0.3 is 23.7 Å². The van der Waals surface area contributed by atoms with E-state index in [4.69, 9.17) is 23.7 Å². The van der Waals surface area contributed by atoms with Gasteiger partial charge in [0.25, 0.3) is 0 Å². The Bertz CT molecular complexity index is 1230. The van der Waals surface area contributed by atoms with Gasteiger partial charge >= 0.3 is 17.9 Å². The average molecular weight is 510 g/mol. The summed E-state index contributed by atoms with van der Waals surface area (Å²) >= 11 is 0. The highest BCUT2D eigenvalue weighted by Crippen LogP contribution is 2.30. The number of nitrogens with zero attached hydrogens (tertiary/aromatic N) is 3. The molecule has 2 heterocycles. The van der Waals surface area contributed by atoms with Crippen molar-refractivity contribution in [3.05, 3.63) is 66.5 Å². The molecule has 0 saturated carbocycles. The fourth-order valence-electron chi connectivity index (χ4n) is 3.98. The van der Waals surface area contributed by atoms with E-state index in [1.807, 2.05) is 54.6 Å². The van der Waals surface area contributed by atoms with Gasteiger partial charge in [-0.05, 0) is 23.3 Å². The van der Waals surface area contributed by atoms with Crippen LogP contribution in [0.25, 0.3) is 11.1 Å². The Labute approximate surface area is 213 Å². The summed E-state index contributed by atoms with van der Waals surface area (Å²) in [4.78, 5) is 35.1. The third-order valence-corrected chi connectivity index (χ3v) is 5.49. The minimum Gasteiger partial charge on any atom is -0.487 e. The van der Waals surface area contributed by atoms with Gasteiger partial charge in [-0.2, -0.15) is 0 Å². The summed E-state index contributed by atoms with van der Waals surface area (Å²) in [5, 5.41) is 8.20. The van der Waals surface area contributed by atoms with E-state index in [2.05, 4.69) is 10.3 Å². The maximum atomic E-state index is 11.8. The molecule has 194 valence electrons. The number of benzene rings is 2. The van der Waals surface area contributed by atoms with Crippen LogP contribution < -0.4 is 4.74 Å². The van der Waals surface area contributed by atoms with Gasteiger partial charge in [-0.15, -0.1) is 5.10 Å². The van der Waals surface area contributed by atoms with Crippen LogP contribution in [0.3, 0.4) is 0 Å². The van der Waals surface area contributed by atoms with E-state index < -0.39 is 42.4 Å². The number of hydrogen-bond acceptors (Lipinski definition) is 10. The van der Waals surface area contributed by atoms with Crippen molar-refractivity contribution in [3.8, 4) is 16.9 Å². The normalized spacial score (nSPS) is 21.1. The maximum Gasteiger partial charge on any atom is 0.303 e. The molecule has 1 aromatic heterocycles. The molecule has 0 radical (unpaired) electrons. The van der Waals surface area contributed by atoms with E-state index in [0.29, 0.717) is 11.4 Å². The molecule has 2 aromatic carbocycles. The molecule has 4 atom stereocenters. The molecule has 1 fully saturated rings. The maximum absolute atomic E-state index is 11.8. The first-order valence-electron chi connectivity index (χ1n) is 11.6. The Morgan fingerprint density at radius 3 is 2.14 bits per heavy atom. The molecule has 1 saturated heterocycles. The lowest BCUT2D eigenvalue weighted by Crippen LogP contribution is -2.55. The van der Waals surface area contributed by atoms with Crippen LogP contribution in [0, 0.1) is 0 Å². The first kappa shape index (κ1) is 25.8. The zero-order chi connectivity index (χ0) is 26.4. The lowest BCUT2D eigenvalue weighted by molar-refractivity contribution is -0.241. The molecule has 0 spiro atoms. The molecule has 37 heavy (non-hydrogen) atoms. The fraction of sp³-hybridized carbons (Fsp3) is 0.346. The predicted octanol–water partition coefficient (Wildman–Crippen LogP) is 2.85. The Balaban J connectivity index is 1.46. The summed E-state index contributed by atoms with van der Waals surface area (Å²) in [6.45, 7) is 3.65. The third-order valence-electron chi connectivity index (χ3n) is 5.49. The first-order valence-corrected chi connectivity index (χ1v) is 11.6. The highest BCUT2D eigenvalue weighted by atomic mass is 16.6. The summed E-state index contributed by atoms with van der Waals surface area (Å²) in [5.41, 5.74) is 2.66. The van der Waals surface area contributed by atoms with Crippen molar-refractivity contribution in [1.82, 2.24) is 15.0 Å². The van der Waals surface area contributed by atoms with Gasteiger partial charge in [0.15, 0.2) is 24.5 Å². The number of esters is 3. The number of rotatable bonds is 8. The van der Waals surface area contributed by atoms with Crippen LogP contribution in [-0.4, -0.2) is 57.8 Å². The quantitative estimate of drug-likeness (QED) is 0.330. The Morgan fingerprint density at radius 1 is 0.865 bits per heavy atom. The monoisotopic (exact) mass is 509 g/mol. The van der Waals surface area contributed by atoms with E-state index in [-0.39, 0.29) is 13.2 Å². The van der Waals surface area contributed by atoms with Gasteiger partial charge in [0, 0.05) is 20.8 Å². The number of ether oxygens (including phenoxy) is 5. The molecule has 4 rings (SSSR count). The number of hydrogen-bond donors (Lipinski definition) is 0. The smallest absolute Gasteiger partial charge is 0.303 e. The zero-order valence-corrected chi connectivity index (χ0v) is 20.6. The third kappa shape index (κ3) is 6.70. The molecule has 11 nitrogen and oxygen atoms in total. The molecule has 0 unspecified atom stereocenters. The molecule has 1 aliphatic heterocycles. The molecular formula is C26H27N3O8. The fourth-order valence-corrected chi connectivity index (χ4v) is 3.98. The number of aromatic nitrogens is 3. The van der Waals surface area contributed by atoms with E-state index in [0.717, 1.165) is 11.1 Å². The summed E-state index contributed by atoms with van der Waals surface area (Å²) in [6.07, 6.45) is -2.61. The van der Waals surface area contributed by atoms with Crippen LogP contribution in [0.15, 0.2) is 60.8 Å². The van der Waals surface area contributed by atoms with Crippen molar-refractivity contribution in [1.29, 1.82) is 0 Å². The van der Waals surface area contributed by atoms with Crippen LogP contribution in [0.5, 0.6) is 5.75 Å². The van der Waals surface area contributed by atoms with Gasteiger partial charge in [0.2, 0.25) is 0 Å². The Hall–Kier alpha value is -4.25. The van der Waals surface area contributed by atoms with Gasteiger partial charge in [-0.1, -0.05) is 47.7 Å². The lowest BCUT2D eigenvalue weighted by Gasteiger charge is -2.40. The van der Waals surface area contributed by atoms with Gasteiger partial charge in [-0.25, -0.2) is 4.68 Å². The first-order chi connectivity index (χ1) is 17.8. The van der Waals surface area contributed by atoms with Gasteiger partial charge in [-0.3, -0.25) is 14.4 Å². The second kappa shape index (κ2) is 11.7. The molecule has 0 N–H and O–H groups in total. The second-order valence-electron chi connectivity index (χ2n) is 8.39. The molecule has 0 bridgehead atoms. The van der Waals surface area contributed by atoms with Gasteiger partial charge in [0.1, 0.15) is 18.1 Å². The van der Waals surface area contributed by atoms with Crippen LogP contribution in [0.4, 0.5) is 0 Å². The Kier molecular flexibility index (Phi) is 8.14. The largest absolute Gasteiger partial charge is 0.487 e. The molecule has 3 aromatic rings. The lowest BCUT2D eigenvalue weighted by atomic mass is 10.0. The minimum absolute atomic E-state index is 0.112. The van der Waals surface area contributed by atoms with E-state index in [1.165, 1.54) is 25.5 Å². The van der Waals surface area contributed by atoms with Crippen LogP contribution >= 0.6 is 0 Å². The van der Waals surface area contributed by atoms with Crippen molar-refractivity contribution in [2.45, 2.75) is 51.9 Å². The summed E-state index contributed by atoms with van der Waals surface area (Å²) in [5.74, 6) is -1.21. The predicted molar refractivity (Wildman–Crippen MR) is 128 cm³/mol. The summed E-state index contributed by atoms with van der Waals surface area (Å²) < 4.78 is 29.0. The second-order valence-corrected chi connectivity index (χ2v) is 8.39. The van der Waals surface area contributed by atoms with Crippen molar-refractivity contribution < 1.29 is 38.1 Å². The number of carbonyl (C=O) groups excluding carboxylic acids is 3. The van der Waals surface area contributed by atoms with Crippen molar-refractivity contribution >= 4 is 17.9 Å². The van der Waals surface area contributed by atoms with Crippen LogP contribution in [0.1, 0.15) is 32.7 Å². The topological polar surface area (TPSA) is 128 Å². The van der Waals surface area contributed by atoms with E-state index in [1.54, 1.807) is 6.20 Å². The Morgan fingerprint density at radius 2 is 1.49 bits per heavy atom.